The number of hydrogen-bond acceptors (Lipinski definition) is 6. The minimum absolute atomic E-state index is 0.113. The third-order valence-corrected chi connectivity index (χ3v) is 4.90. The number of nitrogens with zero attached hydrogens (tertiary/aromatic N) is 5. The summed E-state index contributed by atoms with van der Waals surface area (Å²) >= 11 is 0. The summed E-state index contributed by atoms with van der Waals surface area (Å²) in [5, 5.41) is 4.02. The zero-order valence-corrected chi connectivity index (χ0v) is 12.3. The Hall–Kier alpha value is -2.16. The minimum atomic E-state index is -3.69. The number of sulfonamides is 1. The van der Waals surface area contributed by atoms with Gasteiger partial charge in [0.15, 0.2) is 0 Å². The number of ether oxygens (including phenoxy) is 1. The van der Waals surface area contributed by atoms with E-state index in [4.69, 9.17) is 4.74 Å². The maximum atomic E-state index is 12.7. The van der Waals surface area contributed by atoms with Crippen LogP contribution in [-0.4, -0.2) is 41.3 Å². The molecule has 3 heterocycles. The summed E-state index contributed by atoms with van der Waals surface area (Å²) < 4.78 is 33.4. The second-order valence-corrected chi connectivity index (χ2v) is 6.34. The van der Waals surface area contributed by atoms with Gasteiger partial charge >= 0.3 is 0 Å². The molecule has 0 bridgehead atoms. The summed E-state index contributed by atoms with van der Waals surface area (Å²) in [4.78, 5) is 8.15. The van der Waals surface area contributed by atoms with E-state index in [1.54, 1.807) is 10.7 Å². The summed E-state index contributed by atoms with van der Waals surface area (Å²) in [5.74, 6) is 0.744. The molecule has 0 spiro atoms. The Bertz CT molecular complexity index is 726. The topological polar surface area (TPSA) is 90.2 Å². The smallest absolute Gasteiger partial charge is 0.268 e. The molecule has 0 saturated carbocycles. The van der Waals surface area contributed by atoms with Crippen molar-refractivity contribution in [2.45, 2.75) is 24.8 Å². The van der Waals surface area contributed by atoms with Crippen molar-refractivity contribution in [2.24, 2.45) is 0 Å². The van der Waals surface area contributed by atoms with Crippen LogP contribution in [0, 0.1) is 0 Å². The molecule has 2 aromatic heterocycles. The highest BCUT2D eigenvalue weighted by molar-refractivity contribution is 7.92. The molecule has 0 radical (unpaired) electrons. The fourth-order valence-electron chi connectivity index (χ4n) is 2.18. The minimum Gasteiger partial charge on any atom is -0.478 e. The number of aryl methyl sites for hydroxylation is 1. The standard InChI is InChI=1S/C12H15N5O3S/c1-2-20-11-5-4-10(8-13-11)21(18,19)17-7-3-6-16-12(17)14-9-15-16/h4-5,8-9H,2-3,6-7H2,1H3. The van der Waals surface area contributed by atoms with Gasteiger partial charge in [0.2, 0.25) is 11.8 Å². The van der Waals surface area contributed by atoms with E-state index in [9.17, 15) is 8.42 Å². The summed E-state index contributed by atoms with van der Waals surface area (Å²) in [6, 6.07) is 3.04. The van der Waals surface area contributed by atoms with Crippen LogP contribution in [0.3, 0.4) is 0 Å². The summed E-state index contributed by atoms with van der Waals surface area (Å²) in [5.41, 5.74) is 0. The van der Waals surface area contributed by atoms with Crippen molar-refractivity contribution >= 4 is 16.0 Å². The van der Waals surface area contributed by atoms with Gasteiger partial charge in [-0.1, -0.05) is 0 Å². The first-order valence-corrected chi connectivity index (χ1v) is 8.06. The van der Waals surface area contributed by atoms with Crippen molar-refractivity contribution in [3.05, 3.63) is 24.7 Å². The second kappa shape index (κ2) is 5.32. The molecule has 0 aliphatic carbocycles. The average Bonchev–Trinajstić information content (AvgIpc) is 2.96. The molecular formula is C12H15N5O3S. The highest BCUT2D eigenvalue weighted by Crippen LogP contribution is 2.25. The number of rotatable bonds is 4. The molecule has 1 aliphatic rings. The van der Waals surface area contributed by atoms with E-state index in [1.807, 2.05) is 6.92 Å². The molecule has 9 heteroatoms. The van der Waals surface area contributed by atoms with Crippen molar-refractivity contribution in [3.63, 3.8) is 0 Å². The fraction of sp³-hybridized carbons (Fsp3) is 0.417. The maximum absolute atomic E-state index is 12.7. The predicted octanol–water partition coefficient (Wildman–Crippen LogP) is 0.671. The number of fused-ring (bicyclic) bond motifs is 1. The first kappa shape index (κ1) is 13.8. The lowest BCUT2D eigenvalue weighted by Crippen LogP contribution is -2.38. The first-order chi connectivity index (χ1) is 10.1. The van der Waals surface area contributed by atoms with Gasteiger partial charge in [-0.25, -0.2) is 22.4 Å². The number of hydrogen-bond donors (Lipinski definition) is 0. The maximum Gasteiger partial charge on any atom is 0.268 e. The normalized spacial score (nSPS) is 14.8. The molecular weight excluding hydrogens is 294 g/mol. The molecule has 3 rings (SSSR count). The zero-order chi connectivity index (χ0) is 14.9. The summed E-state index contributed by atoms with van der Waals surface area (Å²) in [6.07, 6.45) is 3.36. The van der Waals surface area contributed by atoms with E-state index in [0.29, 0.717) is 37.9 Å². The van der Waals surface area contributed by atoms with Crippen LogP contribution < -0.4 is 9.04 Å². The van der Waals surface area contributed by atoms with E-state index < -0.39 is 10.0 Å². The van der Waals surface area contributed by atoms with Crippen LogP contribution in [0.15, 0.2) is 29.6 Å². The SMILES string of the molecule is CCOc1ccc(S(=O)(=O)N2CCCn3ncnc32)cn1. The van der Waals surface area contributed by atoms with Crippen LogP contribution in [0.1, 0.15) is 13.3 Å². The molecule has 0 N–H and O–H groups in total. The second-order valence-electron chi connectivity index (χ2n) is 4.48. The third-order valence-electron chi connectivity index (χ3n) is 3.14. The van der Waals surface area contributed by atoms with Crippen molar-refractivity contribution in [1.29, 1.82) is 0 Å². The van der Waals surface area contributed by atoms with Crippen molar-refractivity contribution < 1.29 is 13.2 Å². The molecule has 21 heavy (non-hydrogen) atoms. The average molecular weight is 309 g/mol. The van der Waals surface area contributed by atoms with Crippen LogP contribution in [-0.2, 0) is 16.6 Å². The van der Waals surface area contributed by atoms with Gasteiger partial charge in [0.1, 0.15) is 11.2 Å². The van der Waals surface area contributed by atoms with Gasteiger partial charge in [-0.05, 0) is 19.4 Å². The number of anilines is 1. The van der Waals surface area contributed by atoms with Crippen LogP contribution in [0.2, 0.25) is 0 Å². The predicted molar refractivity (Wildman–Crippen MR) is 74.6 cm³/mol. The molecule has 0 unspecified atom stereocenters. The monoisotopic (exact) mass is 309 g/mol. The van der Waals surface area contributed by atoms with Gasteiger partial charge in [-0.15, -0.1) is 0 Å². The van der Waals surface area contributed by atoms with Gasteiger partial charge in [-0.2, -0.15) is 10.1 Å². The highest BCUT2D eigenvalue weighted by atomic mass is 32.2. The molecule has 0 aromatic carbocycles. The molecule has 8 nitrogen and oxygen atoms in total. The van der Waals surface area contributed by atoms with Crippen LogP contribution in [0.5, 0.6) is 5.88 Å². The molecule has 0 atom stereocenters. The summed E-state index contributed by atoms with van der Waals surface area (Å²) in [7, 11) is -3.69. The van der Waals surface area contributed by atoms with Crippen LogP contribution in [0.4, 0.5) is 5.95 Å². The van der Waals surface area contributed by atoms with E-state index >= 15 is 0 Å². The van der Waals surface area contributed by atoms with Crippen molar-refractivity contribution in [3.8, 4) is 5.88 Å². The molecule has 2 aromatic rings. The Balaban J connectivity index is 1.94. The van der Waals surface area contributed by atoms with Gasteiger partial charge in [0.05, 0.1) is 12.8 Å². The largest absolute Gasteiger partial charge is 0.478 e. The van der Waals surface area contributed by atoms with Gasteiger partial charge < -0.3 is 4.74 Å². The fourth-order valence-corrected chi connectivity index (χ4v) is 3.59. The molecule has 1 aliphatic heterocycles. The lowest BCUT2D eigenvalue weighted by Gasteiger charge is -2.26. The Morgan fingerprint density at radius 2 is 2.14 bits per heavy atom. The molecule has 112 valence electrons. The van der Waals surface area contributed by atoms with Crippen LogP contribution in [0.25, 0.3) is 0 Å². The van der Waals surface area contributed by atoms with Crippen LogP contribution >= 0.6 is 0 Å². The Morgan fingerprint density at radius 1 is 1.29 bits per heavy atom. The van der Waals surface area contributed by atoms with Gasteiger partial charge in [0.25, 0.3) is 10.0 Å². The Kier molecular flexibility index (Phi) is 3.50. The van der Waals surface area contributed by atoms with Gasteiger partial charge in [-0.3, -0.25) is 0 Å². The molecule has 0 amide bonds. The third kappa shape index (κ3) is 2.44. The molecule has 0 saturated heterocycles. The number of pyridine rings is 1. The summed E-state index contributed by atoms with van der Waals surface area (Å²) in [6.45, 7) is 3.37. The highest BCUT2D eigenvalue weighted by Gasteiger charge is 2.31. The molecule has 0 fully saturated rings. The Labute approximate surface area is 122 Å². The quantitative estimate of drug-likeness (QED) is 0.824. The van der Waals surface area contributed by atoms with E-state index in [1.165, 1.54) is 22.9 Å². The van der Waals surface area contributed by atoms with E-state index in [0.717, 1.165) is 0 Å². The van der Waals surface area contributed by atoms with Crippen molar-refractivity contribution in [2.75, 3.05) is 17.5 Å². The Morgan fingerprint density at radius 3 is 2.86 bits per heavy atom. The van der Waals surface area contributed by atoms with Gasteiger partial charge in [0, 0.05) is 19.2 Å². The number of aromatic nitrogens is 4. The lowest BCUT2D eigenvalue weighted by atomic mass is 10.4. The van der Waals surface area contributed by atoms with E-state index in [2.05, 4.69) is 15.1 Å². The van der Waals surface area contributed by atoms with E-state index in [-0.39, 0.29) is 4.90 Å². The lowest BCUT2D eigenvalue weighted by molar-refractivity contribution is 0.326. The zero-order valence-electron chi connectivity index (χ0n) is 11.5. The van der Waals surface area contributed by atoms with Crippen molar-refractivity contribution in [1.82, 2.24) is 19.7 Å². The first-order valence-electron chi connectivity index (χ1n) is 6.62.